The topological polar surface area (TPSA) is 75.3 Å². The molecule has 8 heteroatoms. The minimum atomic E-state index is -3.57. The Morgan fingerprint density at radius 2 is 1.65 bits per heavy atom. The first-order chi connectivity index (χ1) is 10.7. The van der Waals surface area contributed by atoms with Crippen LogP contribution < -0.4 is 10.0 Å². The SMILES string of the molecule is CC(=O)c1ccc(NS(C)(=O)=O)c(Nc2ccc(F)cc2F)c1. The number of anilines is 3. The highest BCUT2D eigenvalue weighted by Crippen LogP contribution is 2.29. The summed E-state index contributed by atoms with van der Waals surface area (Å²) in [6.07, 6.45) is 0.966. The van der Waals surface area contributed by atoms with Crippen LogP contribution in [0.3, 0.4) is 0 Å². The van der Waals surface area contributed by atoms with Crippen molar-refractivity contribution < 1.29 is 22.0 Å². The molecule has 0 spiro atoms. The highest BCUT2D eigenvalue weighted by Gasteiger charge is 2.12. The smallest absolute Gasteiger partial charge is 0.229 e. The van der Waals surface area contributed by atoms with E-state index in [0.29, 0.717) is 11.6 Å². The Balaban J connectivity index is 2.48. The van der Waals surface area contributed by atoms with Crippen molar-refractivity contribution in [3.8, 4) is 0 Å². The summed E-state index contributed by atoms with van der Waals surface area (Å²) in [6, 6.07) is 7.16. The first-order valence-corrected chi connectivity index (χ1v) is 8.40. The van der Waals surface area contributed by atoms with Crippen LogP contribution in [0, 0.1) is 11.6 Å². The maximum atomic E-state index is 13.8. The average Bonchev–Trinajstić information content (AvgIpc) is 2.41. The van der Waals surface area contributed by atoms with Crippen molar-refractivity contribution in [1.82, 2.24) is 0 Å². The molecular weight excluding hydrogens is 326 g/mol. The van der Waals surface area contributed by atoms with Crippen molar-refractivity contribution in [3.63, 3.8) is 0 Å². The number of hydrogen-bond donors (Lipinski definition) is 2. The van der Waals surface area contributed by atoms with Gasteiger partial charge in [-0.2, -0.15) is 0 Å². The van der Waals surface area contributed by atoms with Crippen molar-refractivity contribution in [2.45, 2.75) is 6.92 Å². The van der Waals surface area contributed by atoms with Crippen molar-refractivity contribution >= 4 is 32.9 Å². The van der Waals surface area contributed by atoms with Crippen LogP contribution in [0.15, 0.2) is 36.4 Å². The summed E-state index contributed by atoms with van der Waals surface area (Å²) >= 11 is 0. The molecule has 0 unspecified atom stereocenters. The third-order valence-electron chi connectivity index (χ3n) is 2.92. The zero-order chi connectivity index (χ0) is 17.2. The summed E-state index contributed by atoms with van der Waals surface area (Å²) < 4.78 is 51.8. The molecule has 0 amide bonds. The molecular formula is C15H14F2N2O3S. The van der Waals surface area contributed by atoms with E-state index in [2.05, 4.69) is 10.0 Å². The van der Waals surface area contributed by atoms with Gasteiger partial charge in [-0.25, -0.2) is 17.2 Å². The number of ketones is 1. The summed E-state index contributed by atoms with van der Waals surface area (Å²) in [6.45, 7) is 1.35. The van der Waals surface area contributed by atoms with Gasteiger partial charge in [-0.1, -0.05) is 0 Å². The standard InChI is InChI=1S/C15H14F2N2O3S/c1-9(20)10-3-5-14(19-23(2,21)22)15(7-10)18-13-6-4-11(16)8-12(13)17/h3-8,18-19H,1-2H3. The fourth-order valence-corrected chi connectivity index (χ4v) is 2.47. The number of sulfonamides is 1. The molecule has 0 saturated heterocycles. The molecule has 2 aromatic rings. The predicted octanol–water partition coefficient (Wildman–Crippen LogP) is 3.28. The zero-order valence-electron chi connectivity index (χ0n) is 12.4. The lowest BCUT2D eigenvalue weighted by molar-refractivity contribution is 0.101. The molecule has 2 aromatic carbocycles. The summed E-state index contributed by atoms with van der Waals surface area (Å²) in [7, 11) is -3.57. The van der Waals surface area contributed by atoms with Crippen LogP contribution in [0.1, 0.15) is 17.3 Å². The number of carbonyl (C=O) groups excluding carboxylic acids is 1. The molecule has 0 aliphatic rings. The van der Waals surface area contributed by atoms with Gasteiger partial charge in [0.1, 0.15) is 11.6 Å². The van der Waals surface area contributed by atoms with E-state index in [4.69, 9.17) is 0 Å². The number of benzene rings is 2. The fourth-order valence-electron chi connectivity index (χ4n) is 1.89. The fraction of sp³-hybridized carbons (Fsp3) is 0.133. The molecule has 0 atom stereocenters. The van der Waals surface area contributed by atoms with Gasteiger partial charge in [0.15, 0.2) is 5.78 Å². The van der Waals surface area contributed by atoms with Crippen LogP contribution in [0.25, 0.3) is 0 Å². The van der Waals surface area contributed by atoms with E-state index in [1.807, 2.05) is 0 Å². The Morgan fingerprint density at radius 1 is 1.00 bits per heavy atom. The zero-order valence-corrected chi connectivity index (χ0v) is 13.2. The molecule has 0 heterocycles. The number of halogens is 2. The Labute approximate surface area is 132 Å². The number of nitrogens with one attached hydrogen (secondary N) is 2. The lowest BCUT2D eigenvalue weighted by Crippen LogP contribution is -2.12. The molecule has 23 heavy (non-hydrogen) atoms. The number of carbonyl (C=O) groups is 1. The van der Waals surface area contributed by atoms with Gasteiger partial charge in [0.2, 0.25) is 10.0 Å². The third-order valence-corrected chi connectivity index (χ3v) is 3.51. The largest absolute Gasteiger partial charge is 0.351 e. The van der Waals surface area contributed by atoms with Crippen LogP contribution in [0.2, 0.25) is 0 Å². The number of rotatable bonds is 5. The summed E-state index contributed by atoms with van der Waals surface area (Å²) in [5, 5.41) is 2.67. The van der Waals surface area contributed by atoms with Gasteiger partial charge in [-0.3, -0.25) is 9.52 Å². The number of Topliss-reactive ketones (excluding diaryl/α,β-unsaturated/α-hetero) is 1. The minimum absolute atomic E-state index is 0.0522. The average molecular weight is 340 g/mol. The van der Waals surface area contributed by atoms with E-state index in [-0.39, 0.29) is 22.8 Å². The van der Waals surface area contributed by atoms with Gasteiger partial charge in [-0.05, 0) is 37.3 Å². The van der Waals surface area contributed by atoms with Gasteiger partial charge in [0, 0.05) is 11.6 Å². The van der Waals surface area contributed by atoms with E-state index in [1.165, 1.54) is 31.2 Å². The Morgan fingerprint density at radius 3 is 2.22 bits per heavy atom. The molecule has 2 rings (SSSR count). The highest BCUT2D eigenvalue weighted by molar-refractivity contribution is 7.92. The molecule has 5 nitrogen and oxygen atoms in total. The molecule has 0 aliphatic carbocycles. The van der Waals surface area contributed by atoms with Crippen molar-refractivity contribution in [3.05, 3.63) is 53.6 Å². The molecule has 122 valence electrons. The lowest BCUT2D eigenvalue weighted by atomic mass is 10.1. The quantitative estimate of drug-likeness (QED) is 0.819. The van der Waals surface area contributed by atoms with E-state index in [1.54, 1.807) is 0 Å². The van der Waals surface area contributed by atoms with E-state index < -0.39 is 21.7 Å². The molecule has 2 N–H and O–H groups in total. The highest BCUT2D eigenvalue weighted by atomic mass is 32.2. The normalized spacial score (nSPS) is 11.1. The molecule has 0 aromatic heterocycles. The van der Waals surface area contributed by atoms with E-state index >= 15 is 0 Å². The molecule has 0 saturated carbocycles. The maximum absolute atomic E-state index is 13.8. The van der Waals surface area contributed by atoms with Gasteiger partial charge in [-0.15, -0.1) is 0 Å². The van der Waals surface area contributed by atoms with Crippen molar-refractivity contribution in [2.24, 2.45) is 0 Å². The second-order valence-corrected chi connectivity index (χ2v) is 6.69. The minimum Gasteiger partial charge on any atom is -0.351 e. The van der Waals surface area contributed by atoms with Crippen LogP contribution in [-0.2, 0) is 10.0 Å². The first kappa shape index (κ1) is 16.9. The molecule has 0 bridgehead atoms. The van der Waals surface area contributed by atoms with Crippen molar-refractivity contribution in [2.75, 3.05) is 16.3 Å². The Bertz CT molecular complexity index is 867. The summed E-state index contributed by atoms with van der Waals surface area (Å²) in [5.74, 6) is -1.82. The van der Waals surface area contributed by atoms with Crippen LogP contribution >= 0.6 is 0 Å². The summed E-state index contributed by atoms with van der Waals surface area (Å²) in [5.41, 5.74) is 0.576. The van der Waals surface area contributed by atoms with Gasteiger partial charge >= 0.3 is 0 Å². The van der Waals surface area contributed by atoms with Crippen molar-refractivity contribution in [1.29, 1.82) is 0 Å². The molecule has 0 fully saturated rings. The molecule has 0 radical (unpaired) electrons. The Kier molecular flexibility index (Phi) is 4.65. The van der Waals surface area contributed by atoms with Crippen LogP contribution in [-0.4, -0.2) is 20.5 Å². The lowest BCUT2D eigenvalue weighted by Gasteiger charge is -2.14. The van der Waals surface area contributed by atoms with Crippen LogP contribution in [0.4, 0.5) is 25.8 Å². The summed E-state index contributed by atoms with van der Waals surface area (Å²) in [4.78, 5) is 11.5. The van der Waals surface area contributed by atoms with E-state index in [0.717, 1.165) is 12.3 Å². The Hall–Kier alpha value is -2.48. The van der Waals surface area contributed by atoms with Gasteiger partial charge < -0.3 is 5.32 Å². The van der Waals surface area contributed by atoms with Crippen LogP contribution in [0.5, 0.6) is 0 Å². The van der Waals surface area contributed by atoms with Gasteiger partial charge in [0.05, 0.1) is 23.3 Å². The van der Waals surface area contributed by atoms with E-state index in [9.17, 15) is 22.0 Å². The monoisotopic (exact) mass is 340 g/mol. The van der Waals surface area contributed by atoms with Gasteiger partial charge in [0.25, 0.3) is 0 Å². The number of hydrogen-bond acceptors (Lipinski definition) is 4. The third kappa shape index (κ3) is 4.49. The first-order valence-electron chi connectivity index (χ1n) is 6.50. The second-order valence-electron chi connectivity index (χ2n) is 4.94. The molecule has 0 aliphatic heterocycles. The maximum Gasteiger partial charge on any atom is 0.229 e. The predicted molar refractivity (Wildman–Crippen MR) is 84.6 cm³/mol. The second kappa shape index (κ2) is 6.33.